The van der Waals surface area contributed by atoms with E-state index in [-0.39, 0.29) is 0 Å². The summed E-state index contributed by atoms with van der Waals surface area (Å²) in [6.07, 6.45) is 1.64. The zero-order valence-corrected chi connectivity index (χ0v) is 12.0. The Morgan fingerprint density at radius 1 is 1.35 bits per heavy atom. The first-order chi connectivity index (χ1) is 9.73. The van der Waals surface area contributed by atoms with Crippen LogP contribution < -0.4 is 5.32 Å². The first-order valence-corrected chi connectivity index (χ1v) is 6.97. The largest absolute Gasteiger partial charge is 0.368 e. The molecule has 5 nitrogen and oxygen atoms in total. The summed E-state index contributed by atoms with van der Waals surface area (Å²) in [6, 6.07) is 7.40. The van der Waals surface area contributed by atoms with Gasteiger partial charge in [-0.2, -0.15) is 4.98 Å². The van der Waals surface area contributed by atoms with E-state index in [1.165, 1.54) is 0 Å². The van der Waals surface area contributed by atoms with E-state index in [0.717, 1.165) is 31.5 Å². The molecule has 1 N–H and O–H groups in total. The molecule has 1 aromatic heterocycles. The number of halogens is 1. The zero-order valence-electron chi connectivity index (χ0n) is 11.2. The minimum absolute atomic E-state index is 0.477. The van der Waals surface area contributed by atoms with E-state index in [9.17, 15) is 0 Å². The molecular weight excluding hydrogens is 278 g/mol. The molecular formula is C14H16ClN3O2. The molecule has 2 heterocycles. The second kappa shape index (κ2) is 5.52. The minimum Gasteiger partial charge on any atom is -0.368 e. The Morgan fingerprint density at radius 3 is 2.85 bits per heavy atom. The number of methoxy groups -OCH3 is 1. The van der Waals surface area contributed by atoms with E-state index >= 15 is 0 Å². The van der Waals surface area contributed by atoms with E-state index in [4.69, 9.17) is 20.9 Å². The molecule has 0 atom stereocenters. The quantitative estimate of drug-likeness (QED) is 0.942. The van der Waals surface area contributed by atoms with Gasteiger partial charge >= 0.3 is 0 Å². The maximum atomic E-state index is 5.99. The lowest BCUT2D eigenvalue weighted by molar-refractivity contribution is -0.0622. The smallest absolute Gasteiger partial charge is 0.259 e. The van der Waals surface area contributed by atoms with Crippen LogP contribution in [0.1, 0.15) is 18.7 Å². The van der Waals surface area contributed by atoms with Crippen molar-refractivity contribution in [2.45, 2.75) is 18.4 Å². The van der Waals surface area contributed by atoms with Crippen molar-refractivity contribution in [3.8, 4) is 11.4 Å². The molecule has 0 saturated carbocycles. The van der Waals surface area contributed by atoms with E-state index in [1.807, 2.05) is 24.3 Å². The maximum Gasteiger partial charge on any atom is 0.259 e. The second-order valence-corrected chi connectivity index (χ2v) is 5.32. The maximum absolute atomic E-state index is 5.99. The van der Waals surface area contributed by atoms with Crippen molar-refractivity contribution in [3.05, 3.63) is 35.2 Å². The van der Waals surface area contributed by atoms with Crippen LogP contribution in [-0.4, -0.2) is 30.3 Å². The van der Waals surface area contributed by atoms with Crippen LogP contribution in [0.15, 0.2) is 28.8 Å². The summed E-state index contributed by atoms with van der Waals surface area (Å²) in [5, 5.41) is 8.00. The van der Waals surface area contributed by atoms with Crippen LogP contribution >= 0.6 is 11.6 Å². The SMILES string of the molecule is COC1(c2nc(-c3cccc(Cl)c3)no2)CCNCC1. The van der Waals surface area contributed by atoms with Gasteiger partial charge in [0.05, 0.1) is 0 Å². The van der Waals surface area contributed by atoms with Gasteiger partial charge in [0.1, 0.15) is 5.60 Å². The predicted molar refractivity (Wildman–Crippen MR) is 75.5 cm³/mol. The van der Waals surface area contributed by atoms with Crippen LogP contribution in [0.3, 0.4) is 0 Å². The third-order valence-electron chi connectivity index (χ3n) is 3.70. The number of aromatic nitrogens is 2. The highest BCUT2D eigenvalue weighted by Gasteiger charge is 2.39. The molecule has 0 radical (unpaired) electrons. The molecule has 20 heavy (non-hydrogen) atoms. The molecule has 0 aliphatic carbocycles. The Labute approximate surface area is 122 Å². The molecule has 1 aliphatic heterocycles. The van der Waals surface area contributed by atoms with Crippen molar-refractivity contribution in [1.82, 2.24) is 15.5 Å². The van der Waals surface area contributed by atoms with Crippen LogP contribution in [0.5, 0.6) is 0 Å². The van der Waals surface area contributed by atoms with Gasteiger partial charge in [-0.05, 0) is 38.1 Å². The van der Waals surface area contributed by atoms with E-state index in [0.29, 0.717) is 16.7 Å². The molecule has 2 aromatic rings. The molecule has 0 bridgehead atoms. The van der Waals surface area contributed by atoms with E-state index < -0.39 is 5.60 Å². The summed E-state index contributed by atoms with van der Waals surface area (Å²) in [7, 11) is 1.69. The van der Waals surface area contributed by atoms with Gasteiger partial charge < -0.3 is 14.6 Å². The number of hydrogen-bond donors (Lipinski definition) is 1. The molecule has 106 valence electrons. The zero-order chi connectivity index (χ0) is 14.0. The summed E-state index contributed by atoms with van der Waals surface area (Å²) in [5.41, 5.74) is 0.363. The van der Waals surface area contributed by atoms with Crippen molar-refractivity contribution in [2.24, 2.45) is 0 Å². The summed E-state index contributed by atoms with van der Waals surface area (Å²) in [6.45, 7) is 1.76. The highest BCUT2D eigenvalue weighted by Crippen LogP contribution is 2.34. The van der Waals surface area contributed by atoms with Crippen molar-refractivity contribution < 1.29 is 9.26 Å². The molecule has 1 aromatic carbocycles. The molecule has 6 heteroatoms. The third-order valence-corrected chi connectivity index (χ3v) is 3.94. The van der Waals surface area contributed by atoms with Crippen LogP contribution in [0, 0.1) is 0 Å². The fourth-order valence-electron chi connectivity index (χ4n) is 2.49. The van der Waals surface area contributed by atoms with Crippen molar-refractivity contribution in [3.63, 3.8) is 0 Å². The molecule has 3 rings (SSSR count). The summed E-state index contributed by atoms with van der Waals surface area (Å²) >= 11 is 5.99. The fourth-order valence-corrected chi connectivity index (χ4v) is 2.68. The molecule has 0 unspecified atom stereocenters. The first-order valence-electron chi connectivity index (χ1n) is 6.59. The first kappa shape index (κ1) is 13.5. The van der Waals surface area contributed by atoms with Crippen LogP contribution in [0.2, 0.25) is 5.02 Å². The molecule has 1 fully saturated rings. The van der Waals surface area contributed by atoms with Gasteiger partial charge in [0.2, 0.25) is 5.82 Å². The van der Waals surface area contributed by atoms with Gasteiger partial charge in [-0.1, -0.05) is 28.9 Å². The monoisotopic (exact) mass is 293 g/mol. The molecule has 1 aliphatic rings. The van der Waals surface area contributed by atoms with E-state index in [2.05, 4.69) is 15.5 Å². The van der Waals surface area contributed by atoms with Crippen molar-refractivity contribution >= 4 is 11.6 Å². The van der Waals surface area contributed by atoms with Gasteiger partial charge in [0.25, 0.3) is 5.89 Å². The standard InChI is InChI=1S/C14H16ClN3O2/c1-19-14(5-7-16-8-6-14)13-17-12(18-20-13)10-3-2-4-11(15)9-10/h2-4,9,16H,5-8H2,1H3. The normalized spacial score (nSPS) is 18.1. The Balaban J connectivity index is 1.93. The summed E-state index contributed by atoms with van der Waals surface area (Å²) in [5.74, 6) is 1.08. The second-order valence-electron chi connectivity index (χ2n) is 4.88. The number of rotatable bonds is 3. The van der Waals surface area contributed by atoms with Crippen LogP contribution in [-0.2, 0) is 10.3 Å². The highest BCUT2D eigenvalue weighted by atomic mass is 35.5. The van der Waals surface area contributed by atoms with E-state index in [1.54, 1.807) is 7.11 Å². The number of nitrogens with zero attached hydrogens (tertiary/aromatic N) is 2. The lowest BCUT2D eigenvalue weighted by atomic mass is 9.92. The van der Waals surface area contributed by atoms with Crippen molar-refractivity contribution in [2.75, 3.05) is 20.2 Å². The number of hydrogen-bond acceptors (Lipinski definition) is 5. The number of piperidine rings is 1. The van der Waals surface area contributed by atoms with Crippen LogP contribution in [0.4, 0.5) is 0 Å². The number of benzene rings is 1. The third kappa shape index (κ3) is 2.44. The summed E-state index contributed by atoms with van der Waals surface area (Å²) in [4.78, 5) is 4.50. The Bertz CT molecular complexity index is 594. The molecule has 0 spiro atoms. The Kier molecular flexibility index (Phi) is 3.74. The van der Waals surface area contributed by atoms with Gasteiger partial charge in [-0.15, -0.1) is 0 Å². The summed E-state index contributed by atoms with van der Waals surface area (Å²) < 4.78 is 11.1. The van der Waals surface area contributed by atoms with Crippen molar-refractivity contribution in [1.29, 1.82) is 0 Å². The molecule has 0 amide bonds. The number of ether oxygens (including phenoxy) is 1. The molecule has 1 saturated heterocycles. The average Bonchev–Trinajstić information content (AvgIpc) is 2.98. The minimum atomic E-state index is -0.477. The predicted octanol–water partition coefficient (Wildman–Crippen LogP) is 2.62. The van der Waals surface area contributed by atoms with Gasteiger partial charge in [-0.3, -0.25) is 0 Å². The number of nitrogens with one attached hydrogen (secondary N) is 1. The van der Waals surface area contributed by atoms with Gasteiger partial charge in [-0.25, -0.2) is 0 Å². The van der Waals surface area contributed by atoms with Gasteiger partial charge in [0.15, 0.2) is 0 Å². The topological polar surface area (TPSA) is 60.2 Å². The fraction of sp³-hybridized carbons (Fsp3) is 0.429. The average molecular weight is 294 g/mol. The van der Waals surface area contributed by atoms with Crippen LogP contribution in [0.25, 0.3) is 11.4 Å². The Hall–Kier alpha value is -1.43. The lowest BCUT2D eigenvalue weighted by Crippen LogP contribution is -2.41. The Morgan fingerprint density at radius 2 is 2.15 bits per heavy atom. The lowest BCUT2D eigenvalue weighted by Gasteiger charge is -2.32. The highest BCUT2D eigenvalue weighted by molar-refractivity contribution is 6.30. The van der Waals surface area contributed by atoms with Gasteiger partial charge in [0, 0.05) is 17.7 Å².